The lowest BCUT2D eigenvalue weighted by atomic mass is 9.93. The number of amides is 1. The summed E-state index contributed by atoms with van der Waals surface area (Å²) in [6.07, 6.45) is 2.87. The van der Waals surface area contributed by atoms with Crippen LogP contribution in [0.15, 0.2) is 12.7 Å². The van der Waals surface area contributed by atoms with Gasteiger partial charge in [-0.2, -0.15) is 5.48 Å². The molecule has 0 aromatic carbocycles. The van der Waals surface area contributed by atoms with E-state index in [9.17, 15) is 4.79 Å². The van der Waals surface area contributed by atoms with Crippen molar-refractivity contribution in [3.05, 3.63) is 12.7 Å². The van der Waals surface area contributed by atoms with Crippen molar-refractivity contribution >= 4 is 6.41 Å². The number of nitrogens with zero attached hydrogens (tertiary/aromatic N) is 1. The Morgan fingerprint density at radius 3 is 2.44 bits per heavy atom. The Hall–Kier alpha value is -0.870. The minimum Gasteiger partial charge on any atom is -0.340 e. The summed E-state index contributed by atoms with van der Waals surface area (Å²) in [7, 11) is 0. The molecule has 1 fully saturated rings. The maximum atomic E-state index is 11.0. The van der Waals surface area contributed by atoms with E-state index in [0.717, 1.165) is 6.41 Å². The molecule has 1 aliphatic rings. The van der Waals surface area contributed by atoms with Crippen molar-refractivity contribution in [3.8, 4) is 0 Å². The Morgan fingerprint density at radius 1 is 1.56 bits per heavy atom. The van der Waals surface area contributed by atoms with Crippen LogP contribution in [0.5, 0.6) is 0 Å². The number of nitrogens with one attached hydrogen (secondary N) is 1. The Morgan fingerprint density at radius 2 is 2.19 bits per heavy atom. The normalized spacial score (nSPS) is 26.8. The van der Waals surface area contributed by atoms with E-state index in [2.05, 4.69) is 19.0 Å². The van der Waals surface area contributed by atoms with Gasteiger partial charge in [0.05, 0.1) is 6.04 Å². The summed E-state index contributed by atoms with van der Waals surface area (Å²) in [4.78, 5) is 18.1. The minimum absolute atomic E-state index is 0.113. The van der Waals surface area contributed by atoms with Gasteiger partial charge in [0, 0.05) is 18.0 Å². The molecule has 0 aliphatic carbocycles. The second kappa shape index (κ2) is 4.97. The smallest absolute Gasteiger partial charge is 0.210 e. The summed E-state index contributed by atoms with van der Waals surface area (Å²) < 4.78 is 0. The molecular formula is C12H22N2O2. The van der Waals surface area contributed by atoms with Gasteiger partial charge in [-0.05, 0) is 27.7 Å². The standard InChI is InChI=1S/C12H22N2O2/c1-6-10(11-9(2)13-16-11)7-14(8-15)12(3,4)5/h6,8-11,13H,1,7H2,2-5H3. The third-order valence-corrected chi connectivity index (χ3v) is 3.00. The highest BCUT2D eigenvalue weighted by Gasteiger charge is 2.36. The summed E-state index contributed by atoms with van der Waals surface area (Å²) in [6, 6.07) is 0.316. The predicted octanol–water partition coefficient (Wildman–Crippen LogP) is 1.34. The van der Waals surface area contributed by atoms with Gasteiger partial charge < -0.3 is 4.90 Å². The highest BCUT2D eigenvalue weighted by molar-refractivity contribution is 5.48. The maximum Gasteiger partial charge on any atom is 0.210 e. The molecule has 1 aliphatic heterocycles. The van der Waals surface area contributed by atoms with Crippen molar-refractivity contribution in [2.75, 3.05) is 6.54 Å². The third-order valence-electron chi connectivity index (χ3n) is 3.00. The van der Waals surface area contributed by atoms with E-state index in [1.54, 1.807) is 4.90 Å². The van der Waals surface area contributed by atoms with Crippen LogP contribution in [0.1, 0.15) is 27.7 Å². The molecule has 0 spiro atoms. The van der Waals surface area contributed by atoms with Crippen molar-refractivity contribution in [1.29, 1.82) is 0 Å². The highest BCUT2D eigenvalue weighted by Crippen LogP contribution is 2.23. The SMILES string of the molecule is C=CC(CN(C=O)C(C)(C)C)C1ONC1C. The molecule has 1 rings (SSSR count). The van der Waals surface area contributed by atoms with E-state index in [4.69, 9.17) is 4.84 Å². The quantitative estimate of drug-likeness (QED) is 0.568. The predicted molar refractivity (Wildman–Crippen MR) is 63.7 cm³/mol. The zero-order valence-electron chi connectivity index (χ0n) is 10.6. The number of carbonyl (C=O) groups is 1. The van der Waals surface area contributed by atoms with E-state index in [-0.39, 0.29) is 17.6 Å². The number of rotatable bonds is 5. The lowest BCUT2D eigenvalue weighted by molar-refractivity contribution is -0.183. The first-order valence-corrected chi connectivity index (χ1v) is 5.66. The monoisotopic (exact) mass is 226 g/mol. The van der Waals surface area contributed by atoms with Crippen LogP contribution >= 0.6 is 0 Å². The van der Waals surface area contributed by atoms with Gasteiger partial charge in [-0.25, -0.2) is 0 Å². The number of carbonyl (C=O) groups excluding carboxylic acids is 1. The van der Waals surface area contributed by atoms with Crippen molar-refractivity contribution in [2.24, 2.45) is 5.92 Å². The van der Waals surface area contributed by atoms with E-state index in [0.29, 0.717) is 12.6 Å². The number of hydrogen-bond acceptors (Lipinski definition) is 3. The topological polar surface area (TPSA) is 41.6 Å². The van der Waals surface area contributed by atoms with Crippen molar-refractivity contribution in [1.82, 2.24) is 10.4 Å². The van der Waals surface area contributed by atoms with E-state index >= 15 is 0 Å². The van der Waals surface area contributed by atoms with Crippen molar-refractivity contribution in [2.45, 2.75) is 45.4 Å². The Bertz CT molecular complexity index is 260. The molecule has 1 saturated heterocycles. The van der Waals surface area contributed by atoms with Gasteiger partial charge in [0.25, 0.3) is 0 Å². The number of hydroxylamine groups is 1. The zero-order valence-corrected chi connectivity index (χ0v) is 10.6. The van der Waals surface area contributed by atoms with Gasteiger partial charge in [0.2, 0.25) is 6.41 Å². The van der Waals surface area contributed by atoms with E-state index in [1.807, 2.05) is 26.8 Å². The van der Waals surface area contributed by atoms with Crippen LogP contribution in [0.25, 0.3) is 0 Å². The van der Waals surface area contributed by atoms with Crippen LogP contribution in [0.4, 0.5) is 0 Å². The Balaban J connectivity index is 2.61. The fourth-order valence-corrected chi connectivity index (χ4v) is 1.76. The lowest BCUT2D eigenvalue weighted by Gasteiger charge is -2.42. The second-order valence-electron chi connectivity index (χ2n) is 5.32. The average molecular weight is 226 g/mol. The molecule has 1 N–H and O–H groups in total. The van der Waals surface area contributed by atoms with Gasteiger partial charge in [-0.3, -0.25) is 9.63 Å². The molecule has 3 unspecified atom stereocenters. The molecule has 1 heterocycles. The van der Waals surface area contributed by atoms with Crippen LogP contribution in [-0.4, -0.2) is 35.5 Å². The summed E-state index contributed by atoms with van der Waals surface area (Å²) >= 11 is 0. The first-order chi connectivity index (χ1) is 7.40. The molecule has 0 radical (unpaired) electrons. The average Bonchev–Trinajstić information content (AvgIpc) is 2.19. The molecule has 3 atom stereocenters. The summed E-state index contributed by atoms with van der Waals surface area (Å²) in [6.45, 7) is 12.6. The maximum absolute atomic E-state index is 11.0. The van der Waals surface area contributed by atoms with E-state index in [1.165, 1.54) is 0 Å². The Kier molecular flexibility index (Phi) is 4.10. The molecule has 1 amide bonds. The highest BCUT2D eigenvalue weighted by atomic mass is 16.7. The van der Waals surface area contributed by atoms with E-state index < -0.39 is 0 Å². The van der Waals surface area contributed by atoms with Crippen LogP contribution in [0.3, 0.4) is 0 Å². The molecule has 92 valence electrons. The fraction of sp³-hybridized carbons (Fsp3) is 0.750. The van der Waals surface area contributed by atoms with Crippen LogP contribution < -0.4 is 5.48 Å². The van der Waals surface area contributed by atoms with Crippen LogP contribution in [-0.2, 0) is 9.63 Å². The fourth-order valence-electron chi connectivity index (χ4n) is 1.76. The van der Waals surface area contributed by atoms with Gasteiger partial charge in [0.1, 0.15) is 6.10 Å². The number of hydrogen-bond donors (Lipinski definition) is 1. The third kappa shape index (κ3) is 2.83. The summed E-state index contributed by atoms with van der Waals surface area (Å²) in [5.74, 6) is 0.167. The van der Waals surface area contributed by atoms with Gasteiger partial charge in [-0.1, -0.05) is 6.08 Å². The van der Waals surface area contributed by atoms with Crippen molar-refractivity contribution in [3.63, 3.8) is 0 Å². The molecule has 0 aromatic heterocycles. The van der Waals surface area contributed by atoms with Crippen LogP contribution in [0, 0.1) is 5.92 Å². The lowest BCUT2D eigenvalue weighted by Crippen LogP contribution is -2.59. The molecule has 0 bridgehead atoms. The largest absolute Gasteiger partial charge is 0.340 e. The second-order valence-corrected chi connectivity index (χ2v) is 5.32. The van der Waals surface area contributed by atoms with Gasteiger partial charge in [0.15, 0.2) is 0 Å². The molecule has 0 saturated carbocycles. The van der Waals surface area contributed by atoms with Crippen molar-refractivity contribution < 1.29 is 9.63 Å². The molecule has 4 nitrogen and oxygen atoms in total. The first kappa shape index (κ1) is 13.2. The van der Waals surface area contributed by atoms with Gasteiger partial charge >= 0.3 is 0 Å². The first-order valence-electron chi connectivity index (χ1n) is 5.66. The van der Waals surface area contributed by atoms with Crippen LogP contribution in [0.2, 0.25) is 0 Å². The summed E-state index contributed by atoms with van der Waals surface area (Å²) in [5, 5.41) is 0. The minimum atomic E-state index is -0.163. The Labute approximate surface area is 97.6 Å². The zero-order chi connectivity index (χ0) is 12.3. The summed E-state index contributed by atoms with van der Waals surface area (Å²) in [5.41, 5.74) is 2.69. The molecule has 16 heavy (non-hydrogen) atoms. The molecular weight excluding hydrogens is 204 g/mol. The van der Waals surface area contributed by atoms with Gasteiger partial charge in [-0.15, -0.1) is 6.58 Å². The molecule has 0 aromatic rings. The molecule has 4 heteroatoms.